The lowest BCUT2D eigenvalue weighted by Crippen LogP contribution is -2.35. The molecule has 1 heterocycles. The van der Waals surface area contributed by atoms with Gasteiger partial charge in [0.2, 0.25) is 5.13 Å². The first kappa shape index (κ1) is 12.2. The molecule has 18 heavy (non-hydrogen) atoms. The number of anilines is 1. The number of hydrogen-bond acceptors (Lipinski definition) is 5. The third-order valence-corrected chi connectivity index (χ3v) is 5.74. The van der Waals surface area contributed by atoms with Gasteiger partial charge in [-0.25, -0.2) is 4.79 Å². The third-order valence-electron chi connectivity index (χ3n) is 3.92. The standard InChI is InChI=1S/C11H16N4OS2/c1-15(8-6-4-3-5-7(6)8)10(16)12-9-13-14-11(17-2)18-9/h6-8H,3-5H2,1-2H3,(H,12,13,16). The van der Waals surface area contributed by atoms with Crippen LogP contribution < -0.4 is 5.32 Å². The minimum Gasteiger partial charge on any atom is -0.324 e. The van der Waals surface area contributed by atoms with E-state index in [4.69, 9.17) is 0 Å². The lowest BCUT2D eigenvalue weighted by atomic mass is 10.2. The molecule has 2 unspecified atom stereocenters. The fourth-order valence-corrected chi connectivity index (χ4v) is 4.18. The molecule has 0 spiro atoms. The van der Waals surface area contributed by atoms with Gasteiger partial charge in [-0.1, -0.05) is 29.5 Å². The van der Waals surface area contributed by atoms with Crippen molar-refractivity contribution in [3.63, 3.8) is 0 Å². The lowest BCUT2D eigenvalue weighted by Gasteiger charge is -2.18. The Morgan fingerprint density at radius 2 is 2.17 bits per heavy atom. The van der Waals surface area contributed by atoms with Gasteiger partial charge < -0.3 is 4.90 Å². The summed E-state index contributed by atoms with van der Waals surface area (Å²) < 4.78 is 0.872. The van der Waals surface area contributed by atoms with Gasteiger partial charge in [-0.3, -0.25) is 5.32 Å². The van der Waals surface area contributed by atoms with Crippen LogP contribution in [0.4, 0.5) is 9.93 Å². The Bertz CT molecular complexity index is 454. The third kappa shape index (κ3) is 2.09. The molecule has 0 bridgehead atoms. The Labute approximate surface area is 114 Å². The molecule has 1 N–H and O–H groups in total. The lowest BCUT2D eigenvalue weighted by molar-refractivity contribution is 0.214. The van der Waals surface area contributed by atoms with Gasteiger partial charge in [0.15, 0.2) is 4.34 Å². The second-order valence-electron chi connectivity index (χ2n) is 4.87. The summed E-state index contributed by atoms with van der Waals surface area (Å²) in [4.78, 5) is 13.9. The van der Waals surface area contributed by atoms with Crippen molar-refractivity contribution in [2.24, 2.45) is 11.8 Å². The maximum absolute atomic E-state index is 12.1. The number of thioether (sulfide) groups is 1. The Kier molecular flexibility index (Phi) is 3.19. The Morgan fingerprint density at radius 1 is 1.44 bits per heavy atom. The van der Waals surface area contributed by atoms with Crippen molar-refractivity contribution < 1.29 is 4.79 Å². The molecule has 0 saturated heterocycles. The summed E-state index contributed by atoms with van der Waals surface area (Å²) in [5.74, 6) is 1.49. The van der Waals surface area contributed by atoms with Crippen molar-refractivity contribution in [1.82, 2.24) is 15.1 Å². The van der Waals surface area contributed by atoms with Crippen molar-refractivity contribution in [2.45, 2.75) is 29.6 Å². The molecule has 0 radical (unpaired) electrons. The molecule has 2 aliphatic carbocycles. The number of rotatable bonds is 3. The van der Waals surface area contributed by atoms with Crippen LogP contribution in [-0.2, 0) is 0 Å². The molecule has 2 amide bonds. The number of nitrogens with one attached hydrogen (secondary N) is 1. The minimum atomic E-state index is -0.0572. The van der Waals surface area contributed by atoms with Crippen molar-refractivity contribution in [1.29, 1.82) is 0 Å². The number of amides is 2. The van der Waals surface area contributed by atoms with E-state index in [9.17, 15) is 4.79 Å². The van der Waals surface area contributed by atoms with Crippen molar-refractivity contribution in [3.05, 3.63) is 0 Å². The number of carbonyl (C=O) groups excluding carboxylic acids is 1. The predicted octanol–water partition coefficient (Wildman–Crippen LogP) is 2.52. The van der Waals surface area contributed by atoms with Crippen LogP contribution in [0, 0.1) is 11.8 Å². The minimum absolute atomic E-state index is 0.0572. The number of aromatic nitrogens is 2. The molecule has 2 saturated carbocycles. The highest BCUT2D eigenvalue weighted by Crippen LogP contribution is 2.54. The van der Waals surface area contributed by atoms with Gasteiger partial charge in [0.25, 0.3) is 0 Å². The second kappa shape index (κ2) is 4.70. The van der Waals surface area contributed by atoms with Crippen LogP contribution in [0.5, 0.6) is 0 Å². The predicted molar refractivity (Wildman–Crippen MR) is 73.1 cm³/mol. The first-order valence-electron chi connectivity index (χ1n) is 6.12. The molecule has 0 aromatic carbocycles. The van der Waals surface area contributed by atoms with Crippen LogP contribution in [0.2, 0.25) is 0 Å². The molecule has 2 aliphatic rings. The molecule has 1 aromatic heterocycles. The highest BCUT2D eigenvalue weighted by molar-refractivity contribution is 8.00. The summed E-state index contributed by atoms with van der Waals surface area (Å²) in [5, 5.41) is 11.3. The number of hydrogen-bond donors (Lipinski definition) is 1. The molecule has 3 rings (SSSR count). The van der Waals surface area contributed by atoms with Crippen molar-refractivity contribution >= 4 is 34.3 Å². The SMILES string of the molecule is CSc1nnc(NC(=O)N(C)C2C3CCCC32)s1. The highest BCUT2D eigenvalue weighted by atomic mass is 32.2. The molecule has 7 heteroatoms. The summed E-state index contributed by atoms with van der Waals surface area (Å²) in [5.41, 5.74) is 0. The number of fused-ring (bicyclic) bond motifs is 1. The van der Waals surface area contributed by atoms with E-state index >= 15 is 0 Å². The molecule has 2 fully saturated rings. The topological polar surface area (TPSA) is 58.1 Å². The average molecular weight is 284 g/mol. The summed E-state index contributed by atoms with van der Waals surface area (Å²) in [6, 6.07) is 0.393. The Hall–Kier alpha value is -0.820. The monoisotopic (exact) mass is 284 g/mol. The Morgan fingerprint density at radius 3 is 2.78 bits per heavy atom. The van der Waals surface area contributed by atoms with Gasteiger partial charge in [0, 0.05) is 13.1 Å². The summed E-state index contributed by atoms with van der Waals surface area (Å²) in [7, 11) is 1.88. The van der Waals surface area contributed by atoms with Crippen LogP contribution in [0.1, 0.15) is 19.3 Å². The maximum atomic E-state index is 12.1. The van der Waals surface area contributed by atoms with E-state index in [1.54, 1.807) is 0 Å². The smallest absolute Gasteiger partial charge is 0.323 e. The van der Waals surface area contributed by atoms with E-state index in [1.165, 1.54) is 42.4 Å². The van der Waals surface area contributed by atoms with Gasteiger partial charge in [0.05, 0.1) is 0 Å². The zero-order chi connectivity index (χ0) is 12.7. The van der Waals surface area contributed by atoms with Crippen LogP contribution >= 0.6 is 23.1 Å². The van der Waals surface area contributed by atoms with E-state index in [1.807, 2.05) is 18.2 Å². The van der Waals surface area contributed by atoms with E-state index in [-0.39, 0.29) is 6.03 Å². The quantitative estimate of drug-likeness (QED) is 0.684. The maximum Gasteiger partial charge on any atom is 0.323 e. The zero-order valence-corrected chi connectivity index (χ0v) is 12.1. The summed E-state index contributed by atoms with van der Waals surface area (Å²) >= 11 is 2.95. The zero-order valence-electron chi connectivity index (χ0n) is 10.4. The fraction of sp³-hybridized carbons (Fsp3) is 0.727. The Balaban J connectivity index is 1.58. The first-order valence-corrected chi connectivity index (χ1v) is 8.16. The van der Waals surface area contributed by atoms with Gasteiger partial charge >= 0.3 is 6.03 Å². The normalized spacial score (nSPS) is 28.9. The van der Waals surface area contributed by atoms with E-state index < -0.39 is 0 Å². The summed E-state index contributed by atoms with van der Waals surface area (Å²) in [6.45, 7) is 0. The largest absolute Gasteiger partial charge is 0.324 e. The van der Waals surface area contributed by atoms with Crippen LogP contribution in [0.25, 0.3) is 0 Å². The van der Waals surface area contributed by atoms with Gasteiger partial charge in [-0.15, -0.1) is 10.2 Å². The fourth-order valence-electron chi connectivity index (χ4n) is 3.02. The molecular weight excluding hydrogens is 268 g/mol. The van der Waals surface area contributed by atoms with Crippen LogP contribution in [0.15, 0.2) is 4.34 Å². The molecule has 1 aromatic rings. The number of nitrogens with zero attached hydrogens (tertiary/aromatic N) is 3. The van der Waals surface area contributed by atoms with E-state index in [2.05, 4.69) is 15.5 Å². The molecule has 5 nitrogen and oxygen atoms in total. The van der Waals surface area contributed by atoms with Crippen LogP contribution in [-0.4, -0.2) is 40.5 Å². The molecule has 0 aliphatic heterocycles. The van der Waals surface area contributed by atoms with E-state index in [0.29, 0.717) is 11.2 Å². The molecular formula is C11H16N4OS2. The molecule has 2 atom stereocenters. The van der Waals surface area contributed by atoms with Gasteiger partial charge in [-0.05, 0) is 30.9 Å². The summed E-state index contributed by atoms with van der Waals surface area (Å²) in [6.07, 6.45) is 5.84. The molecule has 98 valence electrons. The number of carbonyl (C=O) groups is 1. The van der Waals surface area contributed by atoms with Gasteiger partial charge in [-0.2, -0.15) is 0 Å². The van der Waals surface area contributed by atoms with Gasteiger partial charge in [0.1, 0.15) is 0 Å². The number of urea groups is 1. The van der Waals surface area contributed by atoms with E-state index in [0.717, 1.165) is 16.2 Å². The van der Waals surface area contributed by atoms with Crippen molar-refractivity contribution in [3.8, 4) is 0 Å². The second-order valence-corrected chi connectivity index (χ2v) is 6.90. The van der Waals surface area contributed by atoms with Crippen LogP contribution in [0.3, 0.4) is 0 Å². The average Bonchev–Trinajstić information content (AvgIpc) is 2.77. The first-order chi connectivity index (χ1) is 8.70. The van der Waals surface area contributed by atoms with Crippen molar-refractivity contribution in [2.75, 3.05) is 18.6 Å². The highest BCUT2D eigenvalue weighted by Gasteiger charge is 2.55.